The molecule has 1 saturated heterocycles. The molecule has 1 fully saturated rings. The summed E-state index contributed by atoms with van der Waals surface area (Å²) in [7, 11) is -1.90. The van der Waals surface area contributed by atoms with E-state index in [1.54, 1.807) is 0 Å². The van der Waals surface area contributed by atoms with Crippen molar-refractivity contribution in [1.29, 1.82) is 0 Å². The van der Waals surface area contributed by atoms with Crippen LogP contribution in [0.2, 0.25) is 0 Å². The summed E-state index contributed by atoms with van der Waals surface area (Å²) in [6.45, 7) is 4.25. The lowest BCUT2D eigenvalue weighted by atomic mass is 10.1. The van der Waals surface area contributed by atoms with Gasteiger partial charge in [0, 0.05) is 25.7 Å². The first-order valence-corrected chi connectivity index (χ1v) is 8.10. The van der Waals surface area contributed by atoms with Gasteiger partial charge in [-0.05, 0) is 32.2 Å². The Labute approximate surface area is 124 Å². The Bertz CT molecular complexity index is 659. The maximum atomic E-state index is 11.4. The van der Waals surface area contributed by atoms with Crippen LogP contribution in [0.3, 0.4) is 0 Å². The van der Waals surface area contributed by atoms with Gasteiger partial charge >= 0.3 is 5.97 Å². The summed E-state index contributed by atoms with van der Waals surface area (Å²) in [5.41, 5.74) is 0.480. The molecule has 21 heavy (non-hydrogen) atoms. The van der Waals surface area contributed by atoms with Crippen molar-refractivity contribution < 1.29 is 18.3 Å². The third-order valence-electron chi connectivity index (χ3n) is 3.83. The summed E-state index contributed by atoms with van der Waals surface area (Å²) in [5.74, 6) is -1.16. The minimum Gasteiger partial charge on any atom is -0.478 e. The van der Waals surface area contributed by atoms with Gasteiger partial charge in [0.1, 0.15) is 0 Å². The molecule has 3 N–H and O–H groups in total. The molecule has 0 amide bonds. The zero-order valence-corrected chi connectivity index (χ0v) is 12.8. The van der Waals surface area contributed by atoms with E-state index in [4.69, 9.17) is 5.14 Å². The summed E-state index contributed by atoms with van der Waals surface area (Å²) >= 11 is 0. The number of carboxylic acid groups (broad SMARTS) is 1. The Morgan fingerprint density at radius 1 is 1.38 bits per heavy atom. The van der Waals surface area contributed by atoms with Crippen molar-refractivity contribution in [1.82, 2.24) is 4.90 Å². The summed E-state index contributed by atoms with van der Waals surface area (Å²) < 4.78 is 22.7. The van der Waals surface area contributed by atoms with Crippen LogP contribution in [0, 0.1) is 0 Å². The molecule has 0 aromatic heterocycles. The van der Waals surface area contributed by atoms with E-state index in [0.29, 0.717) is 24.8 Å². The van der Waals surface area contributed by atoms with Gasteiger partial charge in [-0.3, -0.25) is 0 Å². The number of nitrogens with zero attached hydrogens (tertiary/aromatic N) is 2. The monoisotopic (exact) mass is 313 g/mol. The fourth-order valence-corrected chi connectivity index (χ4v) is 2.95. The summed E-state index contributed by atoms with van der Waals surface area (Å²) in [6, 6.07) is 4.27. The quantitative estimate of drug-likeness (QED) is 0.824. The van der Waals surface area contributed by atoms with Crippen molar-refractivity contribution >= 4 is 21.7 Å². The zero-order valence-electron chi connectivity index (χ0n) is 12.0. The van der Waals surface area contributed by atoms with E-state index in [2.05, 4.69) is 11.8 Å². The molecule has 1 aromatic rings. The second-order valence-electron chi connectivity index (χ2n) is 5.30. The summed E-state index contributed by atoms with van der Waals surface area (Å²) in [5, 5.41) is 14.4. The standard InChI is InChI=1S/C13H19N3O4S/c1-9-8-16(6-5-15(9)2)12-4-3-10(21(14,19)20)7-11(12)13(17)18/h3-4,7,9H,5-6,8H2,1-2H3,(H,17,18)(H2,14,19,20). The number of aromatic carboxylic acids is 1. The minimum absolute atomic E-state index is 0.0433. The number of benzene rings is 1. The molecule has 1 aromatic carbocycles. The molecule has 0 spiro atoms. The highest BCUT2D eigenvalue weighted by molar-refractivity contribution is 7.89. The van der Waals surface area contributed by atoms with Gasteiger partial charge < -0.3 is 14.9 Å². The molecule has 0 saturated carbocycles. The van der Waals surface area contributed by atoms with Crippen molar-refractivity contribution in [3.8, 4) is 0 Å². The van der Waals surface area contributed by atoms with Gasteiger partial charge in [-0.15, -0.1) is 0 Å². The Morgan fingerprint density at radius 3 is 2.57 bits per heavy atom. The maximum Gasteiger partial charge on any atom is 0.337 e. The molecule has 8 heteroatoms. The molecule has 0 bridgehead atoms. The second kappa shape index (κ2) is 5.63. The minimum atomic E-state index is -3.92. The largest absolute Gasteiger partial charge is 0.478 e. The second-order valence-corrected chi connectivity index (χ2v) is 6.87. The van der Waals surface area contributed by atoms with Crippen LogP contribution in [0.25, 0.3) is 0 Å². The first-order chi connectivity index (χ1) is 9.70. The van der Waals surface area contributed by atoms with Crippen LogP contribution in [0.1, 0.15) is 17.3 Å². The van der Waals surface area contributed by atoms with Crippen molar-refractivity contribution in [2.75, 3.05) is 31.6 Å². The van der Waals surface area contributed by atoms with Crippen LogP contribution >= 0.6 is 0 Å². The fourth-order valence-electron chi connectivity index (χ4n) is 2.41. The van der Waals surface area contributed by atoms with E-state index in [1.165, 1.54) is 12.1 Å². The van der Waals surface area contributed by atoms with E-state index >= 15 is 0 Å². The lowest BCUT2D eigenvalue weighted by Crippen LogP contribution is -2.50. The van der Waals surface area contributed by atoms with Gasteiger partial charge in [-0.2, -0.15) is 0 Å². The molecule has 1 aliphatic heterocycles. The predicted octanol–water partition coefficient (Wildman–Crippen LogP) is 0.173. The van der Waals surface area contributed by atoms with Crippen LogP contribution in [-0.2, 0) is 10.0 Å². The predicted molar refractivity (Wildman–Crippen MR) is 79.1 cm³/mol. The van der Waals surface area contributed by atoms with Crippen molar-refractivity contribution in [2.24, 2.45) is 5.14 Å². The molecule has 1 aliphatic rings. The van der Waals surface area contributed by atoms with E-state index in [0.717, 1.165) is 12.6 Å². The average Bonchev–Trinajstić information content (AvgIpc) is 2.40. The molecular weight excluding hydrogens is 294 g/mol. The molecule has 7 nitrogen and oxygen atoms in total. The number of sulfonamides is 1. The van der Waals surface area contributed by atoms with Crippen molar-refractivity contribution in [2.45, 2.75) is 17.9 Å². The highest BCUT2D eigenvalue weighted by Crippen LogP contribution is 2.26. The van der Waals surface area contributed by atoms with Crippen LogP contribution in [0.5, 0.6) is 0 Å². The van der Waals surface area contributed by atoms with Gasteiger partial charge in [0.25, 0.3) is 0 Å². The molecule has 1 heterocycles. The third kappa shape index (κ3) is 3.34. The topological polar surface area (TPSA) is 104 Å². The van der Waals surface area contributed by atoms with E-state index < -0.39 is 16.0 Å². The number of primary sulfonamides is 1. The van der Waals surface area contributed by atoms with Gasteiger partial charge in [0.2, 0.25) is 10.0 Å². The van der Waals surface area contributed by atoms with Crippen molar-refractivity contribution in [3.05, 3.63) is 23.8 Å². The number of likely N-dealkylation sites (N-methyl/N-ethyl adjacent to an activating group) is 1. The van der Waals surface area contributed by atoms with E-state index in [9.17, 15) is 18.3 Å². The van der Waals surface area contributed by atoms with Gasteiger partial charge in [-0.1, -0.05) is 0 Å². The third-order valence-corrected chi connectivity index (χ3v) is 4.74. The molecule has 116 valence electrons. The Balaban J connectivity index is 2.42. The molecular formula is C13H19N3O4S. The summed E-state index contributed by atoms with van der Waals surface area (Å²) in [6.07, 6.45) is 0. The number of rotatable bonds is 3. The molecule has 1 atom stereocenters. The number of piperazine rings is 1. The highest BCUT2D eigenvalue weighted by Gasteiger charge is 2.25. The average molecular weight is 313 g/mol. The number of hydrogen-bond donors (Lipinski definition) is 2. The SMILES string of the molecule is CC1CN(c2ccc(S(N)(=O)=O)cc2C(=O)O)CCN1C. The number of anilines is 1. The first-order valence-electron chi connectivity index (χ1n) is 6.55. The van der Waals surface area contributed by atoms with Gasteiger partial charge in [0.15, 0.2) is 0 Å². The number of nitrogens with two attached hydrogens (primary N) is 1. The molecule has 2 rings (SSSR count). The normalized spacial score (nSPS) is 20.5. The lowest BCUT2D eigenvalue weighted by Gasteiger charge is -2.39. The Hall–Kier alpha value is -1.64. The zero-order chi connectivity index (χ0) is 15.8. The van der Waals surface area contributed by atoms with E-state index in [1.807, 2.05) is 11.9 Å². The number of carboxylic acids is 1. The van der Waals surface area contributed by atoms with Crippen molar-refractivity contribution in [3.63, 3.8) is 0 Å². The molecule has 0 aliphatic carbocycles. The highest BCUT2D eigenvalue weighted by atomic mass is 32.2. The molecule has 1 unspecified atom stereocenters. The smallest absolute Gasteiger partial charge is 0.337 e. The van der Waals surface area contributed by atoms with Crippen LogP contribution < -0.4 is 10.0 Å². The maximum absolute atomic E-state index is 11.4. The van der Waals surface area contributed by atoms with Crippen LogP contribution in [0.15, 0.2) is 23.1 Å². The Kier molecular flexibility index (Phi) is 4.22. The van der Waals surface area contributed by atoms with Gasteiger partial charge in [-0.25, -0.2) is 18.4 Å². The number of hydrogen-bond acceptors (Lipinski definition) is 5. The lowest BCUT2D eigenvalue weighted by molar-refractivity contribution is 0.0697. The summed E-state index contributed by atoms with van der Waals surface area (Å²) in [4.78, 5) is 15.4. The van der Waals surface area contributed by atoms with Gasteiger partial charge in [0.05, 0.1) is 16.1 Å². The fraction of sp³-hybridized carbons (Fsp3) is 0.462. The van der Waals surface area contributed by atoms with E-state index in [-0.39, 0.29) is 10.5 Å². The number of carbonyl (C=O) groups is 1. The Morgan fingerprint density at radius 2 is 2.05 bits per heavy atom. The van der Waals surface area contributed by atoms with Crippen LogP contribution in [-0.4, -0.2) is 57.1 Å². The first kappa shape index (κ1) is 15.7. The van der Waals surface area contributed by atoms with Crippen LogP contribution in [0.4, 0.5) is 5.69 Å². The molecule has 0 radical (unpaired) electrons.